The third-order valence-electron chi connectivity index (χ3n) is 2.16. The third kappa shape index (κ3) is 3.76. The van der Waals surface area contributed by atoms with E-state index in [1.807, 2.05) is 24.3 Å². The van der Waals surface area contributed by atoms with E-state index in [1.165, 1.54) is 13.2 Å². The van der Waals surface area contributed by atoms with Crippen LogP contribution in [-0.2, 0) is 4.74 Å². The molecule has 0 aliphatic heterocycles. The molecule has 0 atom stereocenters. The molecule has 2 aromatic rings. The number of benzene rings is 1. The van der Waals surface area contributed by atoms with Gasteiger partial charge in [0.2, 0.25) is 0 Å². The van der Waals surface area contributed by atoms with Crippen molar-refractivity contribution in [3.8, 4) is 0 Å². The number of hydrogen-bond acceptors (Lipinski definition) is 5. The first-order chi connectivity index (χ1) is 9.08. The summed E-state index contributed by atoms with van der Waals surface area (Å²) >= 11 is 2.97. The average Bonchev–Trinajstić information content (AvgIpc) is 2.40. The van der Waals surface area contributed by atoms with Crippen LogP contribution >= 0.6 is 15.9 Å². The van der Waals surface area contributed by atoms with Crippen molar-refractivity contribution in [2.75, 3.05) is 12.4 Å². The van der Waals surface area contributed by atoms with Crippen LogP contribution in [0.2, 0.25) is 0 Å². The second kappa shape index (κ2) is 6.14. The zero-order valence-corrected chi connectivity index (χ0v) is 13.1. The van der Waals surface area contributed by atoms with Gasteiger partial charge in [-0.25, -0.2) is 0 Å². The molecule has 5 nitrogen and oxygen atoms in total. The van der Waals surface area contributed by atoms with E-state index in [1.54, 1.807) is 0 Å². The van der Waals surface area contributed by atoms with Gasteiger partial charge in [-0.3, -0.25) is 0 Å². The van der Waals surface area contributed by atoms with Crippen molar-refractivity contribution in [1.29, 1.82) is 0 Å². The summed E-state index contributed by atoms with van der Waals surface area (Å²) in [5.41, 5.74) is 0.357. The molecule has 1 heterocycles. The van der Waals surface area contributed by atoms with Crippen molar-refractivity contribution in [3.05, 3.63) is 49.6 Å². The van der Waals surface area contributed by atoms with Gasteiger partial charge in [0, 0.05) is 0 Å². The number of halogens is 1. The van der Waals surface area contributed by atoms with Crippen molar-refractivity contribution in [3.63, 3.8) is 0 Å². The fraction of sp³-hybridized carbons (Fsp3) is 0.0833. The molecule has 0 fully saturated rings. The van der Waals surface area contributed by atoms with Gasteiger partial charge in [-0.15, -0.1) is 0 Å². The zero-order valence-electron chi connectivity index (χ0n) is 9.84. The van der Waals surface area contributed by atoms with Crippen molar-refractivity contribution < 1.29 is 9.53 Å². The third-order valence-corrected chi connectivity index (χ3v) is 4.55. The normalized spacial score (nSPS) is 10.0. The predicted molar refractivity (Wildman–Crippen MR) is 76.2 cm³/mol. The number of rotatable bonds is 3. The van der Waals surface area contributed by atoms with Gasteiger partial charge in [0.15, 0.2) is 0 Å². The molecule has 2 rings (SSSR count). The summed E-state index contributed by atoms with van der Waals surface area (Å²) in [4.78, 5) is 26.7. The van der Waals surface area contributed by atoms with Crippen LogP contribution in [0.4, 0.5) is 10.4 Å². The van der Waals surface area contributed by atoms with Crippen LogP contribution in [0.15, 0.2) is 39.6 Å². The molecule has 1 aromatic heterocycles. The maximum absolute atomic E-state index is 11.4. The van der Waals surface area contributed by atoms with Crippen molar-refractivity contribution in [2.45, 2.75) is 0 Å². The first-order valence-corrected chi connectivity index (χ1v) is 7.72. The predicted octanol–water partition coefficient (Wildman–Crippen LogP) is 1.79. The molecule has 0 radical (unpaired) electrons. The first kappa shape index (κ1) is 14.0. The van der Waals surface area contributed by atoms with E-state index >= 15 is 0 Å². The minimum atomic E-state index is -0.488. The molecule has 1 aromatic carbocycles. The summed E-state index contributed by atoms with van der Waals surface area (Å²) in [6, 6.07) is 8.67. The zero-order chi connectivity index (χ0) is 13.8. The minimum absolute atomic E-state index is 0.356. The molecule has 0 aliphatic rings. The van der Waals surface area contributed by atoms with Crippen LogP contribution in [0.1, 0.15) is 9.23 Å². The molecule has 0 saturated carbocycles. The van der Waals surface area contributed by atoms with Crippen LogP contribution in [0.3, 0.4) is 0 Å². The number of carbonyl (C=O) groups excluding carboxylic acids is 1. The van der Waals surface area contributed by atoms with Crippen molar-refractivity contribution in [1.82, 2.24) is 4.98 Å². The van der Waals surface area contributed by atoms with Crippen LogP contribution in [-0.4, -0.2) is 32.6 Å². The van der Waals surface area contributed by atoms with Crippen molar-refractivity contribution in [2.24, 2.45) is 0 Å². The molecule has 1 N–H and O–H groups in total. The number of hydrogen-bond donors (Lipinski definition) is 1. The molecule has 0 unspecified atom stereocenters. The molecular weight excluding hydrogens is 379 g/mol. The van der Waals surface area contributed by atoms with E-state index in [9.17, 15) is 9.59 Å². The summed E-state index contributed by atoms with van der Waals surface area (Å²) in [6.45, 7) is 0. The second-order valence-corrected chi connectivity index (χ2v) is 6.57. The van der Waals surface area contributed by atoms with E-state index in [0.29, 0.717) is 9.13 Å². The Bertz CT molecular complexity index is 655. The van der Waals surface area contributed by atoms with Gasteiger partial charge >= 0.3 is 123 Å². The Balaban J connectivity index is 2.30. The molecule has 0 aliphatic carbocycles. The molecular formula is C12H9BrN2O3Se. The number of esters is 1. The number of nitrogens with zero attached hydrogens (tertiary/aromatic N) is 1. The Hall–Kier alpha value is -1.43. The van der Waals surface area contributed by atoms with E-state index < -0.39 is 11.5 Å². The molecule has 0 amide bonds. The molecule has 7 heteroatoms. The summed E-state index contributed by atoms with van der Waals surface area (Å²) in [5.74, 6) is -0.488. The number of ether oxygens (including phenoxy) is 1. The van der Waals surface area contributed by atoms with Gasteiger partial charge in [-0.05, 0) is 0 Å². The second-order valence-electron chi connectivity index (χ2n) is 3.49. The van der Waals surface area contributed by atoms with Crippen molar-refractivity contribution >= 4 is 46.8 Å². The van der Waals surface area contributed by atoms with Crippen LogP contribution < -0.4 is 10.9 Å². The number of carbonyl (C=O) groups is 1. The summed E-state index contributed by atoms with van der Waals surface area (Å²) in [5, 5.41) is 3.03. The molecule has 98 valence electrons. The number of nitrogens with one attached hydrogen (secondary N) is 1. The molecule has 0 spiro atoms. The van der Waals surface area contributed by atoms with Gasteiger partial charge in [-0.1, -0.05) is 0 Å². The quantitative estimate of drug-likeness (QED) is 0.642. The Labute approximate surface area is 123 Å². The molecule has 19 heavy (non-hydrogen) atoms. The van der Waals surface area contributed by atoms with E-state index in [0.717, 1.165) is 10.2 Å². The van der Waals surface area contributed by atoms with Gasteiger partial charge < -0.3 is 0 Å². The maximum atomic E-state index is 11.4. The van der Waals surface area contributed by atoms with Gasteiger partial charge in [-0.2, -0.15) is 0 Å². The van der Waals surface area contributed by atoms with Gasteiger partial charge in [0.1, 0.15) is 0 Å². The fourth-order valence-electron chi connectivity index (χ4n) is 1.31. The monoisotopic (exact) mass is 388 g/mol. The Kier molecular flexibility index (Phi) is 4.52. The van der Waals surface area contributed by atoms with E-state index in [-0.39, 0.29) is 14.5 Å². The number of aromatic nitrogens is 1. The van der Waals surface area contributed by atoms with E-state index in [4.69, 9.17) is 0 Å². The van der Waals surface area contributed by atoms with Crippen LogP contribution in [0, 0.1) is 0 Å². The average molecular weight is 388 g/mol. The Morgan fingerprint density at radius 1 is 1.37 bits per heavy atom. The topological polar surface area (TPSA) is 68.3 Å². The standard InChI is InChI=1S/C12H9BrN2O3Se/c1-18-11(17)9-6-10(16)15-12(19-9)14-8-4-2-7(13)3-5-8/h2-6H,1H3,(H,14,15,16). The van der Waals surface area contributed by atoms with E-state index in [2.05, 4.69) is 31.0 Å². The van der Waals surface area contributed by atoms with Crippen LogP contribution in [0.25, 0.3) is 0 Å². The van der Waals surface area contributed by atoms with Gasteiger partial charge in [0.05, 0.1) is 0 Å². The number of anilines is 2. The summed E-state index contributed by atoms with van der Waals surface area (Å²) in [7, 11) is 1.29. The number of methoxy groups -OCH3 is 1. The summed E-state index contributed by atoms with van der Waals surface area (Å²) in [6.07, 6.45) is 0. The SMILES string of the molecule is COC(=O)c1cc(=O)nc(Nc2ccc(Br)cc2)[se]1. The molecule has 0 saturated heterocycles. The molecule has 0 bridgehead atoms. The van der Waals surface area contributed by atoms with Crippen LogP contribution in [0.5, 0.6) is 0 Å². The summed E-state index contributed by atoms with van der Waals surface area (Å²) < 4.78 is 6.42. The van der Waals surface area contributed by atoms with Gasteiger partial charge in [0.25, 0.3) is 0 Å². The Morgan fingerprint density at radius 2 is 2.05 bits per heavy atom. The Morgan fingerprint density at radius 3 is 2.68 bits per heavy atom. The fourth-order valence-corrected chi connectivity index (χ4v) is 3.34. The first-order valence-electron chi connectivity index (χ1n) is 5.21.